The number of aromatic amines is 1. The van der Waals surface area contributed by atoms with Crippen molar-refractivity contribution in [3.63, 3.8) is 0 Å². The number of alkyl halides is 2. The van der Waals surface area contributed by atoms with Gasteiger partial charge in [0.2, 0.25) is 0 Å². The first-order chi connectivity index (χ1) is 5.54. The van der Waals surface area contributed by atoms with Crippen molar-refractivity contribution in [3.05, 3.63) is 26.6 Å². The maximum Gasteiger partial charge on any atom is 0.291 e. The van der Waals surface area contributed by atoms with Gasteiger partial charge in [-0.05, 0) is 15.9 Å². The monoisotopic (exact) mass is 239 g/mol. The molecule has 0 fully saturated rings. The first-order valence-electron chi connectivity index (χ1n) is 2.92. The number of nitrogens with one attached hydrogen (secondary N) is 1. The Morgan fingerprint density at radius 3 is 2.67 bits per heavy atom. The molecule has 0 unspecified atom stereocenters. The van der Waals surface area contributed by atoms with Gasteiger partial charge in [0.1, 0.15) is 0 Å². The van der Waals surface area contributed by atoms with Crippen molar-refractivity contribution in [1.82, 2.24) is 4.98 Å². The summed E-state index contributed by atoms with van der Waals surface area (Å²) in [7, 11) is 0. The maximum atomic E-state index is 12.1. The molecule has 2 N–H and O–H groups in total. The van der Waals surface area contributed by atoms with Gasteiger partial charge in [-0.15, -0.1) is 0 Å². The molecule has 0 spiro atoms. The molecular weight excluding hydrogens is 236 g/mol. The van der Waals surface area contributed by atoms with Gasteiger partial charge in [-0.3, -0.25) is 4.79 Å². The lowest BCUT2D eigenvalue weighted by atomic mass is 10.3. The van der Waals surface area contributed by atoms with Crippen LogP contribution in [0.3, 0.4) is 0 Å². The highest BCUT2D eigenvalue weighted by Crippen LogP contribution is 2.30. The molecule has 1 heterocycles. The van der Waals surface area contributed by atoms with Gasteiger partial charge in [0.05, 0.1) is 10.0 Å². The summed E-state index contributed by atoms with van der Waals surface area (Å²) in [5.74, 6) is -0.729. The molecular formula is C6H4BrF2NO2. The van der Waals surface area contributed by atoms with Crippen molar-refractivity contribution in [2.24, 2.45) is 0 Å². The highest BCUT2D eigenvalue weighted by atomic mass is 79.9. The Labute approximate surface area is 74.2 Å². The number of hydrogen-bond acceptors (Lipinski definition) is 2. The smallest absolute Gasteiger partial charge is 0.291 e. The molecule has 0 aliphatic carbocycles. The third-order valence-corrected chi connectivity index (χ3v) is 2.10. The molecule has 1 rings (SSSR count). The molecule has 12 heavy (non-hydrogen) atoms. The minimum Gasteiger partial charge on any atom is -0.502 e. The van der Waals surface area contributed by atoms with E-state index < -0.39 is 23.3 Å². The van der Waals surface area contributed by atoms with Crippen molar-refractivity contribution in [2.75, 3.05) is 0 Å². The standard InChI is InChI=1S/C6H4BrF2NO2/c7-3-2(5(8)9)1-10-6(12)4(3)11/h1,5,11H,(H,10,12). The topological polar surface area (TPSA) is 53.1 Å². The molecule has 3 nitrogen and oxygen atoms in total. The molecule has 0 aromatic carbocycles. The third kappa shape index (κ3) is 1.47. The lowest BCUT2D eigenvalue weighted by Gasteiger charge is -2.02. The van der Waals surface area contributed by atoms with Crippen LogP contribution in [-0.4, -0.2) is 10.1 Å². The summed E-state index contributed by atoms with van der Waals surface area (Å²) in [6.07, 6.45) is -1.88. The molecule has 0 amide bonds. The van der Waals surface area contributed by atoms with Crippen LogP contribution in [0.15, 0.2) is 15.5 Å². The van der Waals surface area contributed by atoms with Crippen LogP contribution < -0.4 is 5.56 Å². The fourth-order valence-corrected chi connectivity index (χ4v) is 1.14. The summed E-state index contributed by atoms with van der Waals surface area (Å²) in [5, 5.41) is 8.91. The van der Waals surface area contributed by atoms with E-state index in [0.717, 1.165) is 6.20 Å². The number of pyridine rings is 1. The maximum absolute atomic E-state index is 12.1. The largest absolute Gasteiger partial charge is 0.502 e. The zero-order valence-electron chi connectivity index (χ0n) is 5.64. The zero-order valence-corrected chi connectivity index (χ0v) is 7.23. The van der Waals surface area contributed by atoms with E-state index in [1.807, 2.05) is 4.98 Å². The van der Waals surface area contributed by atoms with Crippen molar-refractivity contribution in [2.45, 2.75) is 6.43 Å². The lowest BCUT2D eigenvalue weighted by molar-refractivity contribution is 0.149. The van der Waals surface area contributed by atoms with Crippen LogP contribution in [0, 0.1) is 0 Å². The molecule has 0 atom stereocenters. The Hall–Kier alpha value is -0.910. The van der Waals surface area contributed by atoms with Crippen LogP contribution in [0.1, 0.15) is 12.0 Å². The van der Waals surface area contributed by atoms with E-state index in [4.69, 9.17) is 5.11 Å². The summed E-state index contributed by atoms with van der Waals surface area (Å²) in [6.45, 7) is 0. The van der Waals surface area contributed by atoms with E-state index in [0.29, 0.717) is 0 Å². The van der Waals surface area contributed by atoms with Gasteiger partial charge in [-0.1, -0.05) is 0 Å². The van der Waals surface area contributed by atoms with Gasteiger partial charge in [-0.2, -0.15) is 0 Å². The summed E-state index contributed by atoms with van der Waals surface area (Å²) in [4.78, 5) is 12.6. The van der Waals surface area contributed by atoms with Crippen LogP contribution >= 0.6 is 15.9 Å². The Balaban J connectivity index is 3.36. The van der Waals surface area contributed by atoms with Gasteiger partial charge in [0.25, 0.3) is 12.0 Å². The SMILES string of the molecule is O=c1[nH]cc(C(F)F)c(Br)c1O. The second-order valence-electron chi connectivity index (χ2n) is 2.04. The molecule has 0 aliphatic heterocycles. The van der Waals surface area contributed by atoms with Gasteiger partial charge in [0, 0.05) is 6.20 Å². The minimum atomic E-state index is -2.73. The fraction of sp³-hybridized carbons (Fsp3) is 0.167. The van der Waals surface area contributed by atoms with Crippen LogP contribution in [0.2, 0.25) is 0 Å². The van der Waals surface area contributed by atoms with E-state index >= 15 is 0 Å². The summed E-state index contributed by atoms with van der Waals surface area (Å²) < 4.78 is 23.9. The molecule has 1 aromatic heterocycles. The van der Waals surface area contributed by atoms with Crippen molar-refractivity contribution >= 4 is 15.9 Å². The molecule has 1 aromatic rings. The Morgan fingerprint density at radius 1 is 1.58 bits per heavy atom. The van der Waals surface area contributed by atoms with Crippen LogP contribution in [0.5, 0.6) is 5.75 Å². The minimum absolute atomic E-state index is 0.263. The molecule has 0 saturated carbocycles. The fourth-order valence-electron chi connectivity index (χ4n) is 0.670. The lowest BCUT2D eigenvalue weighted by Crippen LogP contribution is -2.06. The second kappa shape index (κ2) is 3.22. The second-order valence-corrected chi connectivity index (χ2v) is 2.83. The summed E-state index contributed by atoms with van der Waals surface area (Å²) >= 11 is 2.68. The first-order valence-corrected chi connectivity index (χ1v) is 3.71. The normalized spacial score (nSPS) is 10.7. The zero-order chi connectivity index (χ0) is 9.30. The number of rotatable bonds is 1. The predicted octanol–water partition coefficient (Wildman–Crippen LogP) is 1.78. The number of halogens is 3. The number of H-pyrrole nitrogens is 1. The van der Waals surface area contributed by atoms with Gasteiger partial charge < -0.3 is 10.1 Å². The third-order valence-electron chi connectivity index (χ3n) is 1.27. The van der Waals surface area contributed by atoms with Gasteiger partial charge >= 0.3 is 0 Å². The van der Waals surface area contributed by atoms with Crippen molar-refractivity contribution in [3.8, 4) is 5.75 Å². The van der Waals surface area contributed by atoms with Gasteiger partial charge in [-0.25, -0.2) is 8.78 Å². The Kier molecular flexibility index (Phi) is 2.46. The van der Waals surface area contributed by atoms with E-state index in [1.165, 1.54) is 0 Å². The highest BCUT2D eigenvalue weighted by molar-refractivity contribution is 9.10. The van der Waals surface area contributed by atoms with Crippen LogP contribution in [0.25, 0.3) is 0 Å². The number of aromatic nitrogens is 1. The summed E-state index contributed by atoms with van der Waals surface area (Å²) in [6, 6.07) is 0. The molecule has 0 bridgehead atoms. The highest BCUT2D eigenvalue weighted by Gasteiger charge is 2.16. The van der Waals surface area contributed by atoms with Crippen molar-refractivity contribution in [1.29, 1.82) is 0 Å². The molecule has 66 valence electrons. The van der Waals surface area contributed by atoms with E-state index in [-0.39, 0.29) is 4.47 Å². The van der Waals surface area contributed by atoms with E-state index in [1.54, 1.807) is 0 Å². The average Bonchev–Trinajstić information content (AvgIpc) is 2.00. The quantitative estimate of drug-likeness (QED) is 0.785. The molecule has 6 heteroatoms. The van der Waals surface area contributed by atoms with Crippen molar-refractivity contribution < 1.29 is 13.9 Å². The Bertz CT molecular complexity index is 350. The predicted molar refractivity (Wildman–Crippen MR) is 41.4 cm³/mol. The molecule has 0 saturated heterocycles. The molecule has 0 radical (unpaired) electrons. The van der Waals surface area contributed by atoms with E-state index in [2.05, 4.69) is 15.9 Å². The van der Waals surface area contributed by atoms with Crippen LogP contribution in [0.4, 0.5) is 8.78 Å². The average molecular weight is 240 g/mol. The van der Waals surface area contributed by atoms with Gasteiger partial charge in [0.15, 0.2) is 5.75 Å². The molecule has 0 aliphatic rings. The number of hydrogen-bond donors (Lipinski definition) is 2. The van der Waals surface area contributed by atoms with Crippen LogP contribution in [-0.2, 0) is 0 Å². The summed E-state index contributed by atoms with van der Waals surface area (Å²) in [5.41, 5.74) is -1.24. The Morgan fingerprint density at radius 2 is 2.17 bits per heavy atom. The van der Waals surface area contributed by atoms with E-state index in [9.17, 15) is 13.6 Å². The number of aromatic hydroxyl groups is 1. The first kappa shape index (κ1) is 9.18.